The van der Waals surface area contributed by atoms with E-state index in [0.29, 0.717) is 29.4 Å². The Morgan fingerprint density at radius 2 is 1.77 bits per heavy atom. The van der Waals surface area contributed by atoms with Gasteiger partial charge in [0, 0.05) is 18.8 Å². The van der Waals surface area contributed by atoms with E-state index >= 15 is 0 Å². The summed E-state index contributed by atoms with van der Waals surface area (Å²) in [5, 5.41) is 9.50. The van der Waals surface area contributed by atoms with Gasteiger partial charge in [-0.3, -0.25) is 18.6 Å². The van der Waals surface area contributed by atoms with E-state index in [0.717, 1.165) is 17.6 Å². The van der Waals surface area contributed by atoms with Gasteiger partial charge in [0.15, 0.2) is 5.16 Å². The lowest BCUT2D eigenvalue weighted by Gasteiger charge is -2.24. The van der Waals surface area contributed by atoms with Gasteiger partial charge in [0.1, 0.15) is 0 Å². The summed E-state index contributed by atoms with van der Waals surface area (Å²) < 4.78 is 3.55. The van der Waals surface area contributed by atoms with Crippen LogP contribution in [-0.4, -0.2) is 36.9 Å². The van der Waals surface area contributed by atoms with Crippen LogP contribution in [0.3, 0.4) is 0 Å². The largest absolute Gasteiger partial charge is 0.312 e. The fourth-order valence-corrected chi connectivity index (χ4v) is 4.65. The van der Waals surface area contributed by atoms with Crippen LogP contribution in [0.1, 0.15) is 27.2 Å². The van der Waals surface area contributed by atoms with E-state index in [1.165, 1.54) is 11.8 Å². The summed E-state index contributed by atoms with van der Waals surface area (Å²) in [6.45, 7) is 7.00. The van der Waals surface area contributed by atoms with E-state index in [4.69, 9.17) is 0 Å². The number of aryl methyl sites for hydroxylation is 1. The van der Waals surface area contributed by atoms with Crippen molar-refractivity contribution in [2.24, 2.45) is 0 Å². The maximum atomic E-state index is 13.2. The van der Waals surface area contributed by atoms with Gasteiger partial charge in [-0.1, -0.05) is 49.0 Å². The highest BCUT2D eigenvalue weighted by molar-refractivity contribution is 8.00. The quantitative estimate of drug-likeness (QED) is 0.411. The van der Waals surface area contributed by atoms with Gasteiger partial charge in [-0.15, -0.1) is 10.2 Å². The van der Waals surface area contributed by atoms with Crippen molar-refractivity contribution in [3.8, 4) is 0 Å². The number of aromatic nitrogens is 4. The van der Waals surface area contributed by atoms with Crippen LogP contribution in [0, 0.1) is 0 Å². The van der Waals surface area contributed by atoms with E-state index in [-0.39, 0.29) is 16.7 Å². The van der Waals surface area contributed by atoms with Gasteiger partial charge < -0.3 is 4.90 Å². The molecule has 0 saturated carbocycles. The topological polar surface area (TPSA) is 72.5 Å². The molecule has 1 atom stereocenters. The van der Waals surface area contributed by atoms with Crippen molar-refractivity contribution < 1.29 is 4.79 Å². The smallest absolute Gasteiger partial charge is 0.262 e. The molecule has 2 aromatic heterocycles. The van der Waals surface area contributed by atoms with Gasteiger partial charge in [-0.25, -0.2) is 0 Å². The Hall–Kier alpha value is -3.13. The summed E-state index contributed by atoms with van der Waals surface area (Å²) >= 11 is 1.36. The fourth-order valence-electron chi connectivity index (χ4n) is 3.74. The molecule has 1 unspecified atom stereocenters. The first kappa shape index (κ1) is 21.1. The molecule has 31 heavy (non-hydrogen) atoms. The molecule has 0 aliphatic heterocycles. The molecule has 0 N–H and O–H groups in total. The fraction of sp³-hybridized carbons (Fsp3) is 0.304. The van der Waals surface area contributed by atoms with Crippen LogP contribution in [0.2, 0.25) is 0 Å². The Balaban J connectivity index is 1.75. The number of benzene rings is 2. The number of hydrogen-bond acceptors (Lipinski definition) is 5. The van der Waals surface area contributed by atoms with Gasteiger partial charge in [0.05, 0.1) is 16.2 Å². The van der Waals surface area contributed by atoms with Crippen LogP contribution >= 0.6 is 11.8 Å². The highest BCUT2D eigenvalue weighted by Gasteiger charge is 2.25. The second kappa shape index (κ2) is 8.93. The summed E-state index contributed by atoms with van der Waals surface area (Å²) in [6.07, 6.45) is 0.806. The molecule has 7 nitrogen and oxygen atoms in total. The second-order valence-electron chi connectivity index (χ2n) is 7.27. The van der Waals surface area contributed by atoms with Gasteiger partial charge in [0.2, 0.25) is 11.7 Å². The number of thioether (sulfide) groups is 1. The molecular weight excluding hydrogens is 410 g/mol. The van der Waals surface area contributed by atoms with Gasteiger partial charge in [-0.05, 0) is 44.5 Å². The van der Waals surface area contributed by atoms with Gasteiger partial charge in [-0.2, -0.15) is 0 Å². The number of nitrogens with zero attached hydrogens (tertiary/aromatic N) is 5. The summed E-state index contributed by atoms with van der Waals surface area (Å²) in [4.78, 5) is 28.0. The van der Waals surface area contributed by atoms with Gasteiger partial charge in [0.25, 0.3) is 5.56 Å². The lowest BCUT2D eigenvalue weighted by atomic mass is 10.2. The second-order valence-corrected chi connectivity index (χ2v) is 8.58. The summed E-state index contributed by atoms with van der Waals surface area (Å²) in [6, 6.07) is 17.1. The Morgan fingerprint density at radius 1 is 1.06 bits per heavy atom. The van der Waals surface area contributed by atoms with E-state index in [1.807, 2.05) is 79.8 Å². The van der Waals surface area contributed by atoms with Crippen molar-refractivity contribution in [1.82, 2.24) is 19.2 Å². The number of carbonyl (C=O) groups excluding carboxylic acids is 1. The maximum Gasteiger partial charge on any atom is 0.262 e. The first-order chi connectivity index (χ1) is 15.1. The lowest BCUT2D eigenvalue weighted by molar-refractivity contribution is -0.117. The van der Waals surface area contributed by atoms with Gasteiger partial charge >= 0.3 is 0 Å². The van der Waals surface area contributed by atoms with Crippen LogP contribution in [0.25, 0.3) is 16.7 Å². The van der Waals surface area contributed by atoms with Crippen molar-refractivity contribution in [3.63, 3.8) is 0 Å². The highest BCUT2D eigenvalue weighted by Crippen LogP contribution is 2.27. The van der Waals surface area contributed by atoms with Crippen LogP contribution in [0.5, 0.6) is 0 Å². The van der Waals surface area contributed by atoms with Crippen molar-refractivity contribution in [3.05, 3.63) is 65.0 Å². The van der Waals surface area contributed by atoms with E-state index in [2.05, 4.69) is 10.2 Å². The number of amides is 1. The summed E-state index contributed by atoms with van der Waals surface area (Å²) in [5.41, 5.74) is 1.55. The number of carbonyl (C=O) groups is 1. The number of fused-ring (bicyclic) bond motifs is 3. The van der Waals surface area contributed by atoms with Crippen LogP contribution in [0.15, 0.2) is 64.5 Å². The van der Waals surface area contributed by atoms with E-state index in [9.17, 15) is 9.59 Å². The molecule has 160 valence electrons. The molecule has 4 aromatic rings. The molecule has 2 heterocycles. The van der Waals surface area contributed by atoms with Crippen molar-refractivity contribution in [2.45, 2.75) is 44.1 Å². The number of anilines is 1. The summed E-state index contributed by atoms with van der Waals surface area (Å²) in [5.74, 6) is 0.504. The normalized spacial score (nSPS) is 12.4. The molecule has 0 bridgehead atoms. The average molecular weight is 436 g/mol. The minimum absolute atomic E-state index is 0.00151. The number of para-hydroxylation sites is 2. The minimum atomic E-state index is -0.377. The van der Waals surface area contributed by atoms with Crippen molar-refractivity contribution in [2.75, 3.05) is 11.4 Å². The molecule has 0 spiro atoms. The van der Waals surface area contributed by atoms with E-state index < -0.39 is 0 Å². The molecule has 0 aliphatic rings. The zero-order valence-corrected chi connectivity index (χ0v) is 18.7. The minimum Gasteiger partial charge on any atom is -0.312 e. The molecular formula is C23H25N5O2S. The highest BCUT2D eigenvalue weighted by atomic mass is 32.2. The van der Waals surface area contributed by atoms with Crippen molar-refractivity contribution >= 4 is 40.0 Å². The first-order valence-electron chi connectivity index (χ1n) is 10.5. The van der Waals surface area contributed by atoms with Crippen molar-refractivity contribution in [1.29, 1.82) is 0 Å². The monoisotopic (exact) mass is 435 g/mol. The lowest BCUT2D eigenvalue weighted by Crippen LogP contribution is -2.36. The standard InChI is InChI=1S/C23H25N5O2S/c1-4-15-27-21(30)18-13-9-10-14-19(18)28-22(27)24-25-23(28)31-16(3)20(29)26(5-2)17-11-7-6-8-12-17/h6-14,16H,4-5,15H2,1-3H3. The zero-order chi connectivity index (χ0) is 22.0. The van der Waals surface area contributed by atoms with Crippen LogP contribution < -0.4 is 10.5 Å². The summed E-state index contributed by atoms with van der Waals surface area (Å²) in [7, 11) is 0. The van der Waals surface area contributed by atoms with Crippen LogP contribution in [-0.2, 0) is 11.3 Å². The Bertz CT molecular complexity index is 1280. The van der Waals surface area contributed by atoms with Crippen LogP contribution in [0.4, 0.5) is 5.69 Å². The maximum absolute atomic E-state index is 13.2. The zero-order valence-electron chi connectivity index (χ0n) is 17.9. The molecule has 8 heteroatoms. The molecule has 0 aliphatic carbocycles. The number of hydrogen-bond donors (Lipinski definition) is 0. The molecule has 0 fully saturated rings. The predicted molar refractivity (Wildman–Crippen MR) is 125 cm³/mol. The third-order valence-electron chi connectivity index (χ3n) is 5.21. The Kier molecular flexibility index (Phi) is 6.08. The average Bonchev–Trinajstić information content (AvgIpc) is 3.21. The van der Waals surface area contributed by atoms with E-state index in [1.54, 1.807) is 9.47 Å². The molecule has 0 radical (unpaired) electrons. The molecule has 2 aromatic carbocycles. The Morgan fingerprint density at radius 3 is 2.48 bits per heavy atom. The SMILES string of the molecule is CCCn1c(=O)c2ccccc2n2c(SC(C)C(=O)N(CC)c3ccccc3)nnc12. The molecule has 1 amide bonds. The number of rotatable bonds is 7. The Labute approximate surface area is 184 Å². The molecule has 4 rings (SSSR count). The molecule has 0 saturated heterocycles. The third kappa shape index (κ3) is 3.83. The predicted octanol–water partition coefficient (Wildman–Crippen LogP) is 3.99. The first-order valence-corrected chi connectivity index (χ1v) is 11.3. The third-order valence-corrected chi connectivity index (χ3v) is 6.24.